The first kappa shape index (κ1) is 17.8. The van der Waals surface area contributed by atoms with Crippen LogP contribution in [-0.2, 0) is 11.3 Å². The molecule has 140 valence electrons. The Morgan fingerprint density at radius 1 is 0.929 bits per heavy atom. The summed E-state index contributed by atoms with van der Waals surface area (Å²) in [5.41, 5.74) is 5.28. The van der Waals surface area contributed by atoms with Gasteiger partial charge >= 0.3 is 6.03 Å². The molecule has 28 heavy (non-hydrogen) atoms. The lowest BCUT2D eigenvalue weighted by molar-refractivity contribution is -0.123. The van der Waals surface area contributed by atoms with E-state index in [0.717, 1.165) is 28.1 Å². The molecule has 1 fully saturated rings. The molecule has 5 heteroatoms. The predicted molar refractivity (Wildman–Crippen MR) is 109 cm³/mol. The predicted octanol–water partition coefficient (Wildman–Crippen LogP) is 4.19. The zero-order valence-electron chi connectivity index (χ0n) is 15.8. The summed E-state index contributed by atoms with van der Waals surface area (Å²) in [7, 11) is 0. The SMILES string of the molecule is Cc1cccc(CN2C(=O)N/C(=C/c3cccn3-c3cccc(C)c3)C2=O)c1. The number of carbonyl (C=O) groups excluding carboxylic acids is 2. The highest BCUT2D eigenvalue weighted by Crippen LogP contribution is 2.20. The fourth-order valence-electron chi connectivity index (χ4n) is 3.38. The lowest BCUT2D eigenvalue weighted by Crippen LogP contribution is -2.30. The van der Waals surface area contributed by atoms with Crippen molar-refractivity contribution in [1.29, 1.82) is 0 Å². The van der Waals surface area contributed by atoms with Crippen LogP contribution in [0.15, 0.2) is 72.6 Å². The third-order valence-corrected chi connectivity index (χ3v) is 4.74. The van der Waals surface area contributed by atoms with E-state index < -0.39 is 6.03 Å². The van der Waals surface area contributed by atoms with Crippen molar-refractivity contribution in [3.8, 4) is 5.69 Å². The van der Waals surface area contributed by atoms with Gasteiger partial charge in [0.15, 0.2) is 0 Å². The van der Waals surface area contributed by atoms with E-state index in [1.165, 1.54) is 4.90 Å². The topological polar surface area (TPSA) is 54.3 Å². The number of aromatic nitrogens is 1. The largest absolute Gasteiger partial charge is 0.329 e. The highest BCUT2D eigenvalue weighted by Gasteiger charge is 2.33. The van der Waals surface area contributed by atoms with Gasteiger partial charge in [0.25, 0.3) is 5.91 Å². The van der Waals surface area contributed by atoms with Gasteiger partial charge in [0.05, 0.1) is 6.54 Å². The average Bonchev–Trinajstić information content (AvgIpc) is 3.22. The fraction of sp³-hybridized carbons (Fsp3) is 0.130. The molecule has 2 aromatic carbocycles. The summed E-state index contributed by atoms with van der Waals surface area (Å²) >= 11 is 0. The molecule has 1 N–H and O–H groups in total. The maximum Gasteiger partial charge on any atom is 0.329 e. The van der Waals surface area contributed by atoms with E-state index in [1.807, 2.05) is 79.2 Å². The molecule has 1 saturated heterocycles. The van der Waals surface area contributed by atoms with Crippen molar-refractivity contribution in [3.05, 3.63) is 94.9 Å². The van der Waals surface area contributed by atoms with Gasteiger partial charge < -0.3 is 9.88 Å². The Bertz CT molecular complexity index is 1090. The van der Waals surface area contributed by atoms with Gasteiger partial charge in [-0.05, 0) is 55.3 Å². The summed E-state index contributed by atoms with van der Waals surface area (Å²) in [5.74, 6) is -0.316. The lowest BCUT2D eigenvalue weighted by Gasteiger charge is -2.12. The number of aryl methyl sites for hydroxylation is 2. The van der Waals surface area contributed by atoms with E-state index in [0.29, 0.717) is 0 Å². The quantitative estimate of drug-likeness (QED) is 0.552. The van der Waals surface area contributed by atoms with Gasteiger partial charge in [-0.15, -0.1) is 0 Å². The lowest BCUT2D eigenvalue weighted by atomic mass is 10.1. The first-order valence-electron chi connectivity index (χ1n) is 9.16. The number of hydrogen-bond donors (Lipinski definition) is 1. The molecule has 0 saturated carbocycles. The Kier molecular flexibility index (Phi) is 4.57. The standard InChI is InChI=1S/C23H21N3O2/c1-16-6-3-8-18(12-16)15-26-22(27)21(24-23(26)28)14-20-10-5-11-25(20)19-9-4-7-17(2)13-19/h3-14H,15H2,1-2H3,(H,24,28)/b21-14+. The molecule has 3 aromatic rings. The Balaban J connectivity index is 1.61. The first-order chi connectivity index (χ1) is 13.5. The number of imide groups is 1. The molecular weight excluding hydrogens is 350 g/mol. The van der Waals surface area contributed by atoms with Crippen LogP contribution < -0.4 is 5.32 Å². The second-order valence-corrected chi connectivity index (χ2v) is 7.01. The molecule has 0 aliphatic carbocycles. The van der Waals surface area contributed by atoms with Gasteiger partial charge in [0.1, 0.15) is 5.70 Å². The first-order valence-corrected chi connectivity index (χ1v) is 9.16. The summed E-state index contributed by atoms with van der Waals surface area (Å²) < 4.78 is 1.99. The van der Waals surface area contributed by atoms with E-state index in [4.69, 9.17) is 0 Å². The molecule has 1 aliphatic rings. The van der Waals surface area contributed by atoms with Crippen molar-refractivity contribution in [2.24, 2.45) is 0 Å². The number of rotatable bonds is 4. The summed E-state index contributed by atoms with van der Waals surface area (Å²) in [4.78, 5) is 26.4. The molecule has 1 aliphatic heterocycles. The minimum absolute atomic E-state index is 0.253. The molecule has 5 nitrogen and oxygen atoms in total. The smallest absolute Gasteiger partial charge is 0.317 e. The van der Waals surface area contributed by atoms with E-state index in [9.17, 15) is 9.59 Å². The van der Waals surface area contributed by atoms with Gasteiger partial charge in [-0.2, -0.15) is 0 Å². The summed E-state index contributed by atoms with van der Waals surface area (Å²) in [6, 6.07) is 19.3. The molecule has 1 aromatic heterocycles. The summed E-state index contributed by atoms with van der Waals surface area (Å²) in [5, 5.41) is 2.70. The van der Waals surface area contributed by atoms with Gasteiger partial charge in [0.2, 0.25) is 0 Å². The number of amides is 3. The maximum absolute atomic E-state index is 12.8. The number of carbonyl (C=O) groups is 2. The van der Waals surface area contributed by atoms with Crippen LogP contribution in [0.3, 0.4) is 0 Å². The van der Waals surface area contributed by atoms with Crippen molar-refractivity contribution in [1.82, 2.24) is 14.8 Å². The van der Waals surface area contributed by atoms with Crippen LogP contribution >= 0.6 is 0 Å². The molecule has 0 atom stereocenters. The Morgan fingerprint density at radius 2 is 1.68 bits per heavy atom. The zero-order chi connectivity index (χ0) is 19.7. The van der Waals surface area contributed by atoms with E-state index >= 15 is 0 Å². The van der Waals surface area contributed by atoms with Gasteiger partial charge in [0, 0.05) is 17.6 Å². The Hall–Kier alpha value is -3.60. The average molecular weight is 371 g/mol. The molecule has 0 bridgehead atoms. The maximum atomic E-state index is 12.8. The van der Waals surface area contributed by atoms with Gasteiger partial charge in [-0.1, -0.05) is 42.0 Å². The minimum atomic E-state index is -0.397. The molecule has 2 heterocycles. The zero-order valence-corrected chi connectivity index (χ0v) is 15.8. The number of nitrogens with zero attached hydrogens (tertiary/aromatic N) is 2. The third-order valence-electron chi connectivity index (χ3n) is 4.74. The minimum Gasteiger partial charge on any atom is -0.317 e. The normalized spacial score (nSPS) is 15.4. The molecular formula is C23H21N3O2. The van der Waals surface area contributed by atoms with Gasteiger partial charge in [-0.25, -0.2) is 4.79 Å². The monoisotopic (exact) mass is 371 g/mol. The highest BCUT2D eigenvalue weighted by atomic mass is 16.2. The number of hydrogen-bond acceptors (Lipinski definition) is 2. The van der Waals surface area contributed by atoms with Crippen LogP contribution in [0.1, 0.15) is 22.4 Å². The summed E-state index contributed by atoms with van der Waals surface area (Å²) in [6.45, 7) is 4.28. The number of nitrogens with one attached hydrogen (secondary N) is 1. The van der Waals surface area contributed by atoms with E-state index in [2.05, 4.69) is 11.4 Å². The third kappa shape index (κ3) is 3.47. The van der Waals surface area contributed by atoms with E-state index in [-0.39, 0.29) is 18.1 Å². The van der Waals surface area contributed by atoms with Crippen molar-refractivity contribution >= 4 is 18.0 Å². The highest BCUT2D eigenvalue weighted by molar-refractivity contribution is 6.13. The Labute approximate surface area is 163 Å². The number of benzene rings is 2. The molecule has 3 amide bonds. The van der Waals surface area contributed by atoms with Crippen molar-refractivity contribution in [3.63, 3.8) is 0 Å². The van der Waals surface area contributed by atoms with Crippen LogP contribution in [0, 0.1) is 13.8 Å². The Morgan fingerprint density at radius 3 is 2.43 bits per heavy atom. The van der Waals surface area contributed by atoms with Crippen LogP contribution in [0.2, 0.25) is 0 Å². The molecule has 4 rings (SSSR count). The van der Waals surface area contributed by atoms with Crippen LogP contribution in [-0.4, -0.2) is 21.4 Å². The van der Waals surface area contributed by atoms with Crippen LogP contribution in [0.4, 0.5) is 4.79 Å². The van der Waals surface area contributed by atoms with Crippen LogP contribution in [0.5, 0.6) is 0 Å². The fourth-order valence-corrected chi connectivity index (χ4v) is 3.38. The van der Waals surface area contributed by atoms with E-state index in [1.54, 1.807) is 6.08 Å². The number of urea groups is 1. The van der Waals surface area contributed by atoms with Crippen molar-refractivity contribution in [2.75, 3.05) is 0 Å². The summed E-state index contributed by atoms with van der Waals surface area (Å²) in [6.07, 6.45) is 3.66. The molecule has 0 spiro atoms. The molecule has 0 radical (unpaired) electrons. The molecule has 0 unspecified atom stereocenters. The van der Waals surface area contributed by atoms with Gasteiger partial charge in [-0.3, -0.25) is 9.69 Å². The second-order valence-electron chi connectivity index (χ2n) is 7.01. The van der Waals surface area contributed by atoms with Crippen molar-refractivity contribution in [2.45, 2.75) is 20.4 Å². The van der Waals surface area contributed by atoms with Crippen molar-refractivity contribution < 1.29 is 9.59 Å². The second kappa shape index (κ2) is 7.19. The van der Waals surface area contributed by atoms with Crippen LogP contribution in [0.25, 0.3) is 11.8 Å².